The topological polar surface area (TPSA) is 24.1 Å². The Labute approximate surface area is 153 Å². The van der Waals surface area contributed by atoms with E-state index in [1.807, 2.05) is 36.9 Å². The number of thiocarbonyl (C=S) groups is 1. The van der Waals surface area contributed by atoms with E-state index in [0.29, 0.717) is 5.11 Å². The van der Waals surface area contributed by atoms with Crippen molar-refractivity contribution in [2.24, 2.45) is 0 Å². The minimum Gasteiger partial charge on any atom is -0.362 e. The van der Waals surface area contributed by atoms with Crippen molar-refractivity contribution in [3.05, 3.63) is 64.2 Å². The maximum atomic E-state index is 6.11. The molecule has 2 nitrogen and oxygen atoms in total. The van der Waals surface area contributed by atoms with Gasteiger partial charge in [0.15, 0.2) is 5.11 Å². The normalized spacial score (nSPS) is 10.4. The lowest BCUT2D eigenvalue weighted by molar-refractivity contribution is 0.989. The molecule has 0 atom stereocenters. The van der Waals surface area contributed by atoms with Gasteiger partial charge in [-0.25, -0.2) is 0 Å². The van der Waals surface area contributed by atoms with E-state index in [-0.39, 0.29) is 0 Å². The Balaban J connectivity index is 1.67. The van der Waals surface area contributed by atoms with Crippen LogP contribution in [0.1, 0.15) is 16.7 Å². The Morgan fingerprint density at radius 2 is 1.91 bits per heavy atom. The Kier molecular flexibility index (Phi) is 7.21. The molecule has 0 aliphatic rings. The van der Waals surface area contributed by atoms with Crippen LogP contribution in [0.25, 0.3) is 0 Å². The molecule has 0 spiro atoms. The van der Waals surface area contributed by atoms with Crippen molar-refractivity contribution in [2.75, 3.05) is 17.6 Å². The number of halogens is 1. The highest BCUT2D eigenvalue weighted by Gasteiger charge is 2.01. The Hall–Kier alpha value is -1.23. The van der Waals surface area contributed by atoms with E-state index in [2.05, 4.69) is 41.8 Å². The Morgan fingerprint density at radius 3 is 2.65 bits per heavy atom. The van der Waals surface area contributed by atoms with Gasteiger partial charge in [-0.3, -0.25) is 0 Å². The third kappa shape index (κ3) is 6.05. The number of hydrogen-bond donors (Lipinski definition) is 2. The molecule has 2 aromatic rings. The molecule has 0 fully saturated rings. The second-order valence-corrected chi connectivity index (χ2v) is 7.24. The fourth-order valence-electron chi connectivity index (χ4n) is 2.04. The second-order valence-electron chi connectivity index (χ2n) is 5.32. The van der Waals surface area contributed by atoms with Crippen molar-refractivity contribution in [3.63, 3.8) is 0 Å². The number of anilines is 1. The van der Waals surface area contributed by atoms with Crippen molar-refractivity contribution in [1.29, 1.82) is 0 Å². The van der Waals surface area contributed by atoms with Gasteiger partial charge in [0.2, 0.25) is 0 Å². The van der Waals surface area contributed by atoms with Crippen LogP contribution in [-0.2, 0) is 5.75 Å². The van der Waals surface area contributed by atoms with Crippen molar-refractivity contribution in [1.82, 2.24) is 5.32 Å². The molecule has 0 amide bonds. The van der Waals surface area contributed by atoms with Crippen molar-refractivity contribution < 1.29 is 0 Å². The van der Waals surface area contributed by atoms with Crippen LogP contribution in [0.5, 0.6) is 0 Å². The molecule has 5 heteroatoms. The molecule has 122 valence electrons. The van der Waals surface area contributed by atoms with Crippen molar-refractivity contribution in [2.45, 2.75) is 19.6 Å². The van der Waals surface area contributed by atoms with Gasteiger partial charge in [-0.2, -0.15) is 11.8 Å². The maximum Gasteiger partial charge on any atom is 0.170 e. The predicted molar refractivity (Wildman–Crippen MR) is 108 cm³/mol. The molecule has 0 aromatic heterocycles. The number of thioether (sulfide) groups is 1. The van der Waals surface area contributed by atoms with E-state index < -0.39 is 0 Å². The summed E-state index contributed by atoms with van der Waals surface area (Å²) in [6, 6.07) is 14.3. The highest BCUT2D eigenvalue weighted by atomic mass is 35.5. The van der Waals surface area contributed by atoms with E-state index in [9.17, 15) is 0 Å². The minimum absolute atomic E-state index is 0.626. The molecule has 23 heavy (non-hydrogen) atoms. The first-order chi connectivity index (χ1) is 11.1. The van der Waals surface area contributed by atoms with Gasteiger partial charge in [0.05, 0.1) is 0 Å². The minimum atomic E-state index is 0.626. The molecule has 0 aliphatic heterocycles. The summed E-state index contributed by atoms with van der Waals surface area (Å²) in [5.41, 5.74) is 4.71. The van der Waals surface area contributed by atoms with Crippen LogP contribution >= 0.6 is 35.6 Å². The van der Waals surface area contributed by atoms with Gasteiger partial charge in [0.25, 0.3) is 0 Å². The zero-order chi connectivity index (χ0) is 16.7. The van der Waals surface area contributed by atoms with E-state index in [1.165, 1.54) is 11.1 Å². The van der Waals surface area contributed by atoms with E-state index in [1.54, 1.807) is 0 Å². The highest BCUT2D eigenvalue weighted by Crippen LogP contribution is 2.20. The third-order valence-corrected chi connectivity index (χ3v) is 5.14. The molecule has 0 bridgehead atoms. The lowest BCUT2D eigenvalue weighted by atomic mass is 10.1. The highest BCUT2D eigenvalue weighted by molar-refractivity contribution is 7.98. The summed E-state index contributed by atoms with van der Waals surface area (Å²) in [5, 5.41) is 7.75. The van der Waals surface area contributed by atoms with Crippen LogP contribution in [0.15, 0.2) is 42.5 Å². The second kappa shape index (κ2) is 9.16. The van der Waals surface area contributed by atoms with Gasteiger partial charge in [0.1, 0.15) is 0 Å². The molecule has 0 unspecified atom stereocenters. The van der Waals surface area contributed by atoms with Crippen LogP contribution in [0.2, 0.25) is 5.02 Å². The summed E-state index contributed by atoms with van der Waals surface area (Å²) < 4.78 is 0. The summed E-state index contributed by atoms with van der Waals surface area (Å²) >= 11 is 13.3. The molecular weight excluding hydrogens is 344 g/mol. The maximum absolute atomic E-state index is 6.11. The molecule has 0 aliphatic carbocycles. The molecule has 2 N–H and O–H groups in total. The first-order valence-electron chi connectivity index (χ1n) is 7.49. The van der Waals surface area contributed by atoms with Gasteiger partial charge in [-0.05, 0) is 54.9 Å². The fourth-order valence-corrected chi connectivity index (χ4v) is 3.37. The number of aryl methyl sites for hydroxylation is 2. The van der Waals surface area contributed by atoms with Crippen molar-refractivity contribution >= 4 is 46.4 Å². The van der Waals surface area contributed by atoms with Gasteiger partial charge in [-0.1, -0.05) is 41.9 Å². The van der Waals surface area contributed by atoms with E-state index >= 15 is 0 Å². The summed E-state index contributed by atoms with van der Waals surface area (Å²) in [6.07, 6.45) is 0. The van der Waals surface area contributed by atoms with Gasteiger partial charge >= 0.3 is 0 Å². The first-order valence-corrected chi connectivity index (χ1v) is 9.43. The predicted octanol–water partition coefficient (Wildman–Crippen LogP) is 5.18. The first kappa shape index (κ1) is 18.1. The average Bonchev–Trinajstić information content (AvgIpc) is 2.52. The van der Waals surface area contributed by atoms with Crippen LogP contribution in [-0.4, -0.2) is 17.4 Å². The fraction of sp³-hybridized carbons (Fsp3) is 0.278. The van der Waals surface area contributed by atoms with Gasteiger partial charge in [0, 0.05) is 28.8 Å². The number of benzene rings is 2. The molecule has 2 rings (SSSR count). The number of nitrogens with one attached hydrogen (secondary N) is 2. The zero-order valence-electron chi connectivity index (χ0n) is 13.4. The molecule has 0 radical (unpaired) electrons. The monoisotopic (exact) mass is 364 g/mol. The Bertz CT molecular complexity index is 674. The van der Waals surface area contributed by atoms with Crippen LogP contribution in [0, 0.1) is 13.8 Å². The molecule has 2 aromatic carbocycles. The summed E-state index contributed by atoms with van der Waals surface area (Å²) in [5.74, 6) is 2.03. The SMILES string of the molecule is Cc1ccc(NC(=S)NCCSCc2ccccc2C)cc1Cl. The zero-order valence-corrected chi connectivity index (χ0v) is 15.7. The smallest absolute Gasteiger partial charge is 0.170 e. The third-order valence-electron chi connectivity index (χ3n) is 3.48. The molecule has 0 heterocycles. The van der Waals surface area contributed by atoms with Gasteiger partial charge in [-0.15, -0.1) is 0 Å². The van der Waals surface area contributed by atoms with E-state index in [4.69, 9.17) is 23.8 Å². The van der Waals surface area contributed by atoms with Crippen LogP contribution in [0.4, 0.5) is 5.69 Å². The lowest BCUT2D eigenvalue weighted by Crippen LogP contribution is -2.30. The molecule has 0 saturated carbocycles. The summed E-state index contributed by atoms with van der Waals surface area (Å²) in [4.78, 5) is 0. The average molecular weight is 365 g/mol. The number of rotatable bonds is 6. The van der Waals surface area contributed by atoms with Crippen LogP contribution < -0.4 is 10.6 Å². The summed E-state index contributed by atoms with van der Waals surface area (Å²) in [7, 11) is 0. The molecular formula is C18H21ClN2S2. The quantitative estimate of drug-likeness (QED) is 0.545. The van der Waals surface area contributed by atoms with E-state index in [0.717, 1.165) is 34.3 Å². The number of hydrogen-bond acceptors (Lipinski definition) is 2. The lowest BCUT2D eigenvalue weighted by Gasteiger charge is -2.11. The standard InChI is InChI=1S/C18H21ClN2S2/c1-13-5-3-4-6-15(13)12-23-10-9-20-18(22)21-16-8-7-14(2)17(19)11-16/h3-8,11H,9-10,12H2,1-2H3,(H2,20,21,22). The molecule has 0 saturated heterocycles. The summed E-state index contributed by atoms with van der Waals surface area (Å²) in [6.45, 7) is 4.97. The Morgan fingerprint density at radius 1 is 1.13 bits per heavy atom. The largest absolute Gasteiger partial charge is 0.362 e. The van der Waals surface area contributed by atoms with Gasteiger partial charge < -0.3 is 10.6 Å². The van der Waals surface area contributed by atoms with Crippen LogP contribution in [0.3, 0.4) is 0 Å². The van der Waals surface area contributed by atoms with Crippen molar-refractivity contribution in [3.8, 4) is 0 Å².